The van der Waals surface area contributed by atoms with E-state index >= 15 is 0 Å². The Morgan fingerprint density at radius 3 is 2.73 bits per heavy atom. The van der Waals surface area contributed by atoms with Crippen molar-refractivity contribution < 1.29 is 23.1 Å². The lowest BCUT2D eigenvalue weighted by Gasteiger charge is -2.32. The van der Waals surface area contributed by atoms with Crippen molar-refractivity contribution in [3.63, 3.8) is 0 Å². The van der Waals surface area contributed by atoms with Crippen molar-refractivity contribution in [3.8, 4) is 5.75 Å². The van der Waals surface area contributed by atoms with Crippen molar-refractivity contribution in [2.45, 2.75) is 19.5 Å². The number of nitrogens with zero attached hydrogens (tertiary/aromatic N) is 1. The van der Waals surface area contributed by atoms with Crippen molar-refractivity contribution in [1.82, 2.24) is 15.5 Å². The van der Waals surface area contributed by atoms with Crippen LogP contribution >= 0.6 is 12.4 Å². The number of ether oxygens (including phenoxy) is 1. The molecule has 2 rings (SSSR count). The number of likely N-dealkylation sites (N-methyl/N-ethyl adjacent to an activating group) is 1. The van der Waals surface area contributed by atoms with Gasteiger partial charge in [0.05, 0.1) is 11.5 Å². The Morgan fingerprint density at radius 1 is 1.31 bits per heavy atom. The highest BCUT2D eigenvalue weighted by Gasteiger charge is 2.30. The number of benzene rings is 1. The molecule has 1 atom stereocenters. The molecule has 0 bridgehead atoms. The summed E-state index contributed by atoms with van der Waals surface area (Å²) in [5, 5.41) is 5.77. The number of halogens is 3. The van der Waals surface area contributed by atoms with Crippen molar-refractivity contribution >= 4 is 24.2 Å². The van der Waals surface area contributed by atoms with Crippen LogP contribution in [-0.2, 0) is 4.79 Å². The minimum atomic E-state index is -3.00. The quantitative estimate of drug-likeness (QED) is 0.696. The van der Waals surface area contributed by atoms with E-state index in [1.54, 1.807) is 13.1 Å². The van der Waals surface area contributed by atoms with Crippen LogP contribution in [0.3, 0.4) is 0 Å². The number of carbonyl (C=O) groups is 2. The molecule has 9 heteroatoms. The molecule has 26 heavy (non-hydrogen) atoms. The van der Waals surface area contributed by atoms with Gasteiger partial charge in [0.2, 0.25) is 5.91 Å². The summed E-state index contributed by atoms with van der Waals surface area (Å²) in [5.74, 6) is -0.935. The minimum absolute atomic E-state index is 0. The number of piperidine rings is 1. The van der Waals surface area contributed by atoms with Gasteiger partial charge in [0.15, 0.2) is 0 Å². The van der Waals surface area contributed by atoms with Gasteiger partial charge in [-0.25, -0.2) is 0 Å². The summed E-state index contributed by atoms with van der Waals surface area (Å²) in [7, 11) is 1.80. The summed E-state index contributed by atoms with van der Waals surface area (Å²) in [4.78, 5) is 26.4. The number of alkyl halides is 2. The van der Waals surface area contributed by atoms with Crippen LogP contribution in [0.4, 0.5) is 8.78 Å². The molecule has 2 N–H and O–H groups in total. The van der Waals surface area contributed by atoms with Crippen LogP contribution in [0.25, 0.3) is 0 Å². The van der Waals surface area contributed by atoms with Crippen LogP contribution in [0.2, 0.25) is 0 Å². The van der Waals surface area contributed by atoms with Gasteiger partial charge in [0, 0.05) is 26.2 Å². The Kier molecular flexibility index (Phi) is 9.29. The number of nitrogens with one attached hydrogen (secondary N) is 2. The molecule has 2 amide bonds. The molecule has 0 saturated carbocycles. The number of rotatable bonds is 7. The van der Waals surface area contributed by atoms with Crippen molar-refractivity contribution in [2.75, 3.05) is 33.2 Å². The summed E-state index contributed by atoms with van der Waals surface area (Å²) in [5.41, 5.74) is 0.0824. The summed E-state index contributed by atoms with van der Waals surface area (Å²) < 4.78 is 29.5. The van der Waals surface area contributed by atoms with Gasteiger partial charge in [0.25, 0.3) is 5.91 Å². The number of para-hydroxylation sites is 1. The highest BCUT2D eigenvalue weighted by Crippen LogP contribution is 2.25. The molecule has 6 nitrogen and oxygen atoms in total. The molecule has 0 aliphatic carbocycles. The first-order valence-electron chi connectivity index (χ1n) is 8.28. The van der Waals surface area contributed by atoms with Gasteiger partial charge < -0.3 is 20.3 Å². The third kappa shape index (κ3) is 6.10. The van der Waals surface area contributed by atoms with Gasteiger partial charge >= 0.3 is 6.61 Å². The fraction of sp³-hybridized carbons (Fsp3) is 0.529. The first-order valence-corrected chi connectivity index (χ1v) is 8.28. The first-order chi connectivity index (χ1) is 12.0. The highest BCUT2D eigenvalue weighted by molar-refractivity contribution is 5.97. The summed E-state index contributed by atoms with van der Waals surface area (Å²) in [6, 6.07) is 5.92. The fourth-order valence-corrected chi connectivity index (χ4v) is 2.84. The Labute approximate surface area is 157 Å². The second kappa shape index (κ2) is 10.9. The van der Waals surface area contributed by atoms with E-state index in [-0.39, 0.29) is 42.1 Å². The standard InChI is InChI=1S/C17H23F2N3O3.ClH/c1-20-8-9-21-15(23)12-5-4-10-22(11-12)16(24)13-6-2-3-7-14(13)25-17(18)19;/h2-3,6-7,12,17,20H,4-5,8-11H2,1H3,(H,21,23);1H. The van der Waals surface area contributed by atoms with E-state index in [0.29, 0.717) is 32.5 Å². The van der Waals surface area contributed by atoms with E-state index in [4.69, 9.17) is 0 Å². The van der Waals surface area contributed by atoms with Crippen LogP contribution in [-0.4, -0.2) is 56.6 Å². The number of hydrogen-bond donors (Lipinski definition) is 2. The SMILES string of the molecule is CNCCNC(=O)C1CCCN(C(=O)c2ccccc2OC(F)F)C1.Cl. The van der Waals surface area contributed by atoms with Gasteiger partial charge in [-0.1, -0.05) is 12.1 Å². The maximum Gasteiger partial charge on any atom is 0.387 e. The molecule has 1 unspecified atom stereocenters. The van der Waals surface area contributed by atoms with E-state index in [1.807, 2.05) is 0 Å². The molecule has 1 fully saturated rings. The lowest BCUT2D eigenvalue weighted by molar-refractivity contribution is -0.126. The summed E-state index contributed by atoms with van der Waals surface area (Å²) in [6.45, 7) is -1.05. The summed E-state index contributed by atoms with van der Waals surface area (Å²) in [6.07, 6.45) is 1.39. The van der Waals surface area contributed by atoms with Gasteiger partial charge in [-0.05, 0) is 32.0 Å². The van der Waals surface area contributed by atoms with Crippen LogP contribution in [0.15, 0.2) is 24.3 Å². The predicted octanol–water partition coefficient (Wildman–Crippen LogP) is 1.90. The minimum Gasteiger partial charge on any atom is -0.434 e. The smallest absolute Gasteiger partial charge is 0.387 e. The molecular formula is C17H24ClF2N3O3. The molecular weight excluding hydrogens is 368 g/mol. The monoisotopic (exact) mass is 391 g/mol. The number of likely N-dealkylation sites (tertiary alicyclic amines) is 1. The molecule has 1 aliphatic heterocycles. The third-order valence-electron chi connectivity index (χ3n) is 4.09. The van der Waals surface area contributed by atoms with E-state index in [1.165, 1.54) is 23.1 Å². The van der Waals surface area contributed by atoms with Crippen molar-refractivity contribution in [3.05, 3.63) is 29.8 Å². The van der Waals surface area contributed by atoms with Gasteiger partial charge in [-0.15, -0.1) is 12.4 Å². The van der Waals surface area contributed by atoms with Crippen LogP contribution in [0.1, 0.15) is 23.2 Å². The molecule has 146 valence electrons. The van der Waals surface area contributed by atoms with Crippen LogP contribution in [0.5, 0.6) is 5.75 Å². The number of hydrogen-bond acceptors (Lipinski definition) is 4. The van der Waals surface area contributed by atoms with Gasteiger partial charge in [0.1, 0.15) is 5.75 Å². The largest absolute Gasteiger partial charge is 0.434 e. The predicted molar refractivity (Wildman–Crippen MR) is 95.9 cm³/mol. The third-order valence-corrected chi connectivity index (χ3v) is 4.09. The lowest BCUT2D eigenvalue weighted by Crippen LogP contribution is -2.46. The lowest BCUT2D eigenvalue weighted by atomic mass is 9.96. The zero-order valence-corrected chi connectivity index (χ0v) is 15.4. The number of amides is 2. The molecule has 1 aliphatic rings. The van der Waals surface area contributed by atoms with E-state index in [9.17, 15) is 18.4 Å². The average Bonchev–Trinajstić information content (AvgIpc) is 2.61. The van der Waals surface area contributed by atoms with Gasteiger partial charge in [-0.2, -0.15) is 8.78 Å². The zero-order valence-electron chi connectivity index (χ0n) is 14.5. The van der Waals surface area contributed by atoms with Crippen LogP contribution < -0.4 is 15.4 Å². The summed E-state index contributed by atoms with van der Waals surface area (Å²) >= 11 is 0. The average molecular weight is 392 g/mol. The normalized spacial score (nSPS) is 16.8. The van der Waals surface area contributed by atoms with Crippen molar-refractivity contribution in [2.24, 2.45) is 5.92 Å². The Morgan fingerprint density at radius 2 is 2.04 bits per heavy atom. The van der Waals surface area contributed by atoms with Crippen molar-refractivity contribution in [1.29, 1.82) is 0 Å². The molecule has 1 saturated heterocycles. The molecule has 0 radical (unpaired) electrons. The first kappa shape index (κ1) is 22.1. The van der Waals surface area contributed by atoms with Gasteiger partial charge in [-0.3, -0.25) is 9.59 Å². The highest BCUT2D eigenvalue weighted by atomic mass is 35.5. The fourth-order valence-electron chi connectivity index (χ4n) is 2.84. The second-order valence-electron chi connectivity index (χ2n) is 5.86. The molecule has 1 heterocycles. The van der Waals surface area contributed by atoms with Crippen LogP contribution in [0, 0.1) is 5.92 Å². The maximum absolute atomic E-state index is 12.7. The van der Waals surface area contributed by atoms with E-state index in [0.717, 1.165) is 0 Å². The number of carbonyl (C=O) groups excluding carboxylic acids is 2. The second-order valence-corrected chi connectivity index (χ2v) is 5.86. The van der Waals surface area contributed by atoms with E-state index < -0.39 is 12.5 Å². The Hall–Kier alpha value is -1.93. The molecule has 0 spiro atoms. The zero-order chi connectivity index (χ0) is 18.2. The Bertz CT molecular complexity index is 604. The Balaban J connectivity index is 0.00000338. The topological polar surface area (TPSA) is 70.7 Å². The molecule has 1 aromatic carbocycles. The molecule has 0 aromatic heterocycles. The molecule has 1 aromatic rings. The maximum atomic E-state index is 12.7. The van der Waals surface area contributed by atoms with E-state index in [2.05, 4.69) is 15.4 Å².